The predicted molar refractivity (Wildman–Crippen MR) is 88.7 cm³/mol. The van der Waals surface area contributed by atoms with Crippen molar-refractivity contribution in [2.75, 3.05) is 6.61 Å². The molecule has 1 heterocycles. The summed E-state index contributed by atoms with van der Waals surface area (Å²) in [7, 11) is 0. The van der Waals surface area contributed by atoms with Gasteiger partial charge in [-0.05, 0) is 41.3 Å². The van der Waals surface area contributed by atoms with Gasteiger partial charge in [-0.25, -0.2) is 4.39 Å². The normalized spacial score (nSPS) is 14.4. The fourth-order valence-corrected chi connectivity index (χ4v) is 2.97. The summed E-state index contributed by atoms with van der Waals surface area (Å²) in [6.45, 7) is 0.981. The lowest BCUT2D eigenvalue weighted by molar-refractivity contribution is -0.137. The summed E-state index contributed by atoms with van der Waals surface area (Å²) in [6, 6.07) is 10.2. The lowest BCUT2D eigenvalue weighted by Gasteiger charge is -2.22. The molecule has 1 aliphatic heterocycles. The van der Waals surface area contributed by atoms with E-state index in [0.29, 0.717) is 24.3 Å². The summed E-state index contributed by atoms with van der Waals surface area (Å²) in [6.07, 6.45) is 0.454. The number of hydrogen-bond donors (Lipinski definition) is 2. The highest BCUT2D eigenvalue weighted by Crippen LogP contribution is 2.23. The first-order valence-corrected chi connectivity index (χ1v) is 8.01. The van der Waals surface area contributed by atoms with E-state index in [1.807, 2.05) is 12.1 Å². The van der Waals surface area contributed by atoms with Gasteiger partial charge in [0.05, 0.1) is 25.7 Å². The third-order valence-electron chi connectivity index (χ3n) is 4.24. The molecule has 2 aromatic carbocycles. The minimum absolute atomic E-state index is 0.289. The van der Waals surface area contributed by atoms with Gasteiger partial charge >= 0.3 is 5.97 Å². The van der Waals surface area contributed by atoms with Crippen LogP contribution in [0.2, 0.25) is 0 Å². The van der Waals surface area contributed by atoms with Crippen LogP contribution in [-0.4, -0.2) is 23.6 Å². The fraction of sp³-hybridized carbons (Fsp3) is 0.263. The van der Waals surface area contributed by atoms with Gasteiger partial charge < -0.3 is 15.2 Å². The zero-order valence-electron chi connectivity index (χ0n) is 13.5. The minimum Gasteiger partial charge on any atom is -0.481 e. The summed E-state index contributed by atoms with van der Waals surface area (Å²) in [5.74, 6) is -1.83. The molecule has 0 bridgehead atoms. The second kappa shape index (κ2) is 7.44. The Hall–Kier alpha value is -2.73. The first-order chi connectivity index (χ1) is 12.0. The van der Waals surface area contributed by atoms with Crippen LogP contribution < -0.4 is 5.32 Å². The quantitative estimate of drug-likeness (QED) is 0.875. The molecule has 0 aromatic heterocycles. The third-order valence-corrected chi connectivity index (χ3v) is 4.24. The smallest absolute Gasteiger partial charge is 0.305 e. The van der Waals surface area contributed by atoms with E-state index in [1.54, 1.807) is 6.07 Å². The van der Waals surface area contributed by atoms with Crippen LogP contribution >= 0.6 is 0 Å². The molecule has 130 valence electrons. The maximum atomic E-state index is 13.1. The van der Waals surface area contributed by atoms with Crippen molar-refractivity contribution in [3.05, 3.63) is 70.5 Å². The van der Waals surface area contributed by atoms with Gasteiger partial charge in [-0.2, -0.15) is 0 Å². The molecule has 0 saturated heterocycles. The van der Waals surface area contributed by atoms with Crippen molar-refractivity contribution >= 4 is 11.9 Å². The van der Waals surface area contributed by atoms with Crippen LogP contribution in [0.1, 0.15) is 39.5 Å². The molecule has 0 saturated carbocycles. The van der Waals surface area contributed by atoms with Crippen LogP contribution in [-0.2, 0) is 22.6 Å². The van der Waals surface area contributed by atoms with Crippen molar-refractivity contribution in [1.29, 1.82) is 0 Å². The number of hydrogen-bond acceptors (Lipinski definition) is 3. The Morgan fingerprint density at radius 2 is 1.96 bits per heavy atom. The van der Waals surface area contributed by atoms with E-state index < -0.39 is 17.8 Å². The topological polar surface area (TPSA) is 75.6 Å². The second-order valence-corrected chi connectivity index (χ2v) is 5.92. The van der Waals surface area contributed by atoms with Crippen LogP contribution in [0, 0.1) is 5.82 Å². The molecular formula is C19H18FNO4. The van der Waals surface area contributed by atoms with Gasteiger partial charge in [0.15, 0.2) is 0 Å². The van der Waals surface area contributed by atoms with E-state index >= 15 is 0 Å². The number of nitrogens with one attached hydrogen (secondary N) is 1. The monoisotopic (exact) mass is 343 g/mol. The van der Waals surface area contributed by atoms with Crippen LogP contribution in [0.25, 0.3) is 0 Å². The summed E-state index contributed by atoms with van der Waals surface area (Å²) < 4.78 is 18.5. The highest BCUT2D eigenvalue weighted by Gasteiger charge is 2.22. The van der Waals surface area contributed by atoms with Gasteiger partial charge in [-0.15, -0.1) is 0 Å². The Morgan fingerprint density at radius 3 is 2.68 bits per heavy atom. The first kappa shape index (κ1) is 17.1. The number of ether oxygens (including phenoxy) is 1. The molecule has 2 N–H and O–H groups in total. The zero-order valence-corrected chi connectivity index (χ0v) is 13.5. The van der Waals surface area contributed by atoms with Crippen molar-refractivity contribution in [3.63, 3.8) is 0 Å². The number of benzene rings is 2. The van der Waals surface area contributed by atoms with Crippen molar-refractivity contribution < 1.29 is 23.8 Å². The van der Waals surface area contributed by atoms with E-state index in [4.69, 9.17) is 9.84 Å². The number of amides is 1. The van der Waals surface area contributed by atoms with Gasteiger partial charge in [0.1, 0.15) is 5.82 Å². The highest BCUT2D eigenvalue weighted by molar-refractivity contribution is 5.96. The summed E-state index contributed by atoms with van der Waals surface area (Å²) in [5.41, 5.74) is 2.92. The molecule has 0 aliphatic carbocycles. The van der Waals surface area contributed by atoms with E-state index in [0.717, 1.165) is 17.5 Å². The molecule has 0 fully saturated rings. The van der Waals surface area contributed by atoms with E-state index in [1.165, 1.54) is 24.3 Å². The van der Waals surface area contributed by atoms with Gasteiger partial charge in [0, 0.05) is 5.56 Å². The average molecular weight is 343 g/mol. The molecule has 6 heteroatoms. The first-order valence-electron chi connectivity index (χ1n) is 8.01. The Labute approximate surface area is 144 Å². The molecule has 25 heavy (non-hydrogen) atoms. The van der Waals surface area contributed by atoms with Crippen molar-refractivity contribution in [3.8, 4) is 0 Å². The number of rotatable bonds is 5. The predicted octanol–water partition coefficient (Wildman–Crippen LogP) is 2.84. The van der Waals surface area contributed by atoms with Crippen LogP contribution in [0.15, 0.2) is 42.5 Å². The Kier molecular flexibility index (Phi) is 5.09. The number of carbonyl (C=O) groups excluding carboxylic acids is 1. The largest absolute Gasteiger partial charge is 0.481 e. The SMILES string of the molecule is O=C(O)CC(NC(=O)c1cccc2c1COCC2)c1ccc(F)cc1. The molecule has 1 atom stereocenters. The van der Waals surface area contributed by atoms with Crippen molar-refractivity contribution in [2.45, 2.75) is 25.5 Å². The number of fused-ring (bicyclic) bond motifs is 1. The standard InChI is InChI=1S/C19H18FNO4/c20-14-6-4-13(5-7-14)17(10-18(22)23)21-19(24)15-3-1-2-12-8-9-25-11-16(12)15/h1-7,17H,8-11H2,(H,21,24)(H,22,23). The highest BCUT2D eigenvalue weighted by atomic mass is 19.1. The molecule has 3 rings (SSSR count). The van der Waals surface area contributed by atoms with Gasteiger partial charge in [0.25, 0.3) is 5.91 Å². The summed E-state index contributed by atoms with van der Waals surface area (Å²) in [5, 5.41) is 11.9. The maximum absolute atomic E-state index is 13.1. The summed E-state index contributed by atoms with van der Waals surface area (Å²) >= 11 is 0. The van der Waals surface area contributed by atoms with E-state index in [-0.39, 0.29) is 12.3 Å². The number of halogens is 1. The minimum atomic E-state index is -1.05. The number of carboxylic acid groups (broad SMARTS) is 1. The van der Waals surface area contributed by atoms with Gasteiger partial charge in [-0.1, -0.05) is 24.3 Å². The van der Waals surface area contributed by atoms with Crippen LogP contribution in [0.4, 0.5) is 4.39 Å². The maximum Gasteiger partial charge on any atom is 0.305 e. The second-order valence-electron chi connectivity index (χ2n) is 5.92. The van der Waals surface area contributed by atoms with Crippen molar-refractivity contribution in [2.24, 2.45) is 0 Å². The zero-order chi connectivity index (χ0) is 17.8. The fourth-order valence-electron chi connectivity index (χ4n) is 2.97. The molecular weight excluding hydrogens is 325 g/mol. The molecule has 1 aliphatic rings. The van der Waals surface area contributed by atoms with Crippen molar-refractivity contribution in [1.82, 2.24) is 5.32 Å². The molecule has 5 nitrogen and oxygen atoms in total. The Balaban J connectivity index is 1.85. The molecule has 1 unspecified atom stereocenters. The number of carboxylic acids is 1. The van der Waals surface area contributed by atoms with E-state index in [2.05, 4.69) is 5.32 Å². The average Bonchev–Trinajstić information content (AvgIpc) is 2.61. The number of aliphatic carboxylic acids is 1. The van der Waals surface area contributed by atoms with Crippen LogP contribution in [0.5, 0.6) is 0 Å². The lowest BCUT2D eigenvalue weighted by atomic mass is 9.96. The van der Waals surface area contributed by atoms with E-state index in [9.17, 15) is 14.0 Å². The van der Waals surface area contributed by atoms with Gasteiger partial charge in [0.2, 0.25) is 0 Å². The number of carbonyl (C=O) groups is 2. The molecule has 1 amide bonds. The molecule has 0 spiro atoms. The molecule has 0 radical (unpaired) electrons. The Morgan fingerprint density at radius 1 is 1.20 bits per heavy atom. The van der Waals surface area contributed by atoms with Crippen LogP contribution in [0.3, 0.4) is 0 Å². The third kappa shape index (κ3) is 4.03. The summed E-state index contributed by atoms with van der Waals surface area (Å²) in [4.78, 5) is 23.9. The lowest BCUT2D eigenvalue weighted by Crippen LogP contribution is -2.31. The van der Waals surface area contributed by atoms with Gasteiger partial charge in [-0.3, -0.25) is 9.59 Å². The molecule has 2 aromatic rings. The Bertz CT molecular complexity index is 789.